The number of nitrogens with zero attached hydrogens (tertiary/aromatic N) is 1. The molecule has 0 fully saturated rings. The molecule has 2 rings (SSSR count). The first-order valence-electron chi connectivity index (χ1n) is 9.22. The van der Waals surface area contributed by atoms with Crippen molar-refractivity contribution in [3.63, 3.8) is 0 Å². The maximum atomic E-state index is 12.3. The summed E-state index contributed by atoms with van der Waals surface area (Å²) < 4.78 is 0. The summed E-state index contributed by atoms with van der Waals surface area (Å²) in [6.45, 7) is 8.59. The number of rotatable bonds is 5. The Labute approximate surface area is 162 Å². The molecule has 1 amide bonds. The van der Waals surface area contributed by atoms with Gasteiger partial charge in [-0.2, -0.15) is 0 Å². The largest absolute Gasteiger partial charge is 0.352 e. The SMILES string of the molecule is CN=C(NCc1cccc(C(=O)NC(C)(C)C)c1)NC(C)c1ccccc1. The number of hydrogen-bond acceptors (Lipinski definition) is 2. The molecule has 1 unspecified atom stereocenters. The summed E-state index contributed by atoms with van der Waals surface area (Å²) in [5, 5.41) is 9.68. The van der Waals surface area contributed by atoms with Gasteiger partial charge in [0, 0.05) is 24.7 Å². The molecule has 0 bridgehead atoms. The van der Waals surface area contributed by atoms with Gasteiger partial charge in [-0.15, -0.1) is 0 Å². The molecule has 27 heavy (non-hydrogen) atoms. The lowest BCUT2D eigenvalue weighted by Crippen LogP contribution is -2.40. The predicted molar refractivity (Wildman–Crippen MR) is 112 cm³/mol. The lowest BCUT2D eigenvalue weighted by molar-refractivity contribution is 0.0919. The smallest absolute Gasteiger partial charge is 0.251 e. The summed E-state index contributed by atoms with van der Waals surface area (Å²) in [7, 11) is 1.75. The molecule has 144 valence electrons. The summed E-state index contributed by atoms with van der Waals surface area (Å²) >= 11 is 0. The molecular weight excluding hydrogens is 336 g/mol. The highest BCUT2D eigenvalue weighted by Crippen LogP contribution is 2.11. The molecule has 5 heteroatoms. The van der Waals surface area contributed by atoms with Crippen LogP contribution in [0.3, 0.4) is 0 Å². The number of hydrogen-bond donors (Lipinski definition) is 3. The first-order chi connectivity index (χ1) is 12.8. The maximum Gasteiger partial charge on any atom is 0.251 e. The van der Waals surface area contributed by atoms with Crippen LogP contribution in [0.1, 0.15) is 55.2 Å². The van der Waals surface area contributed by atoms with Gasteiger partial charge in [0.15, 0.2) is 5.96 Å². The van der Waals surface area contributed by atoms with Crippen molar-refractivity contribution in [2.45, 2.75) is 45.8 Å². The molecule has 1 atom stereocenters. The molecule has 3 N–H and O–H groups in total. The molecule has 2 aromatic carbocycles. The monoisotopic (exact) mass is 366 g/mol. The lowest BCUT2D eigenvalue weighted by atomic mass is 10.1. The normalized spacial score (nSPS) is 13.0. The number of carbonyl (C=O) groups excluding carboxylic acids is 1. The van der Waals surface area contributed by atoms with Gasteiger partial charge < -0.3 is 16.0 Å². The third-order valence-electron chi connectivity index (χ3n) is 4.01. The quantitative estimate of drug-likeness (QED) is 0.559. The average Bonchev–Trinajstić information content (AvgIpc) is 2.64. The van der Waals surface area contributed by atoms with Crippen LogP contribution in [0.4, 0.5) is 0 Å². The van der Waals surface area contributed by atoms with Crippen molar-refractivity contribution in [1.29, 1.82) is 0 Å². The van der Waals surface area contributed by atoms with E-state index in [1.807, 2.05) is 63.2 Å². The molecule has 0 aliphatic rings. The van der Waals surface area contributed by atoms with Crippen molar-refractivity contribution >= 4 is 11.9 Å². The van der Waals surface area contributed by atoms with E-state index in [2.05, 4.69) is 40.0 Å². The van der Waals surface area contributed by atoms with Gasteiger partial charge >= 0.3 is 0 Å². The van der Waals surface area contributed by atoms with E-state index in [1.165, 1.54) is 5.56 Å². The molecule has 0 radical (unpaired) electrons. The van der Waals surface area contributed by atoms with Crippen LogP contribution in [0.5, 0.6) is 0 Å². The fourth-order valence-electron chi connectivity index (χ4n) is 2.65. The van der Waals surface area contributed by atoms with Crippen LogP contribution in [-0.4, -0.2) is 24.5 Å². The zero-order valence-electron chi connectivity index (χ0n) is 16.8. The van der Waals surface area contributed by atoms with Crippen LogP contribution in [-0.2, 0) is 6.54 Å². The summed E-state index contributed by atoms with van der Waals surface area (Å²) in [6.07, 6.45) is 0. The van der Waals surface area contributed by atoms with Crippen LogP contribution < -0.4 is 16.0 Å². The minimum Gasteiger partial charge on any atom is -0.352 e. The summed E-state index contributed by atoms with van der Waals surface area (Å²) in [5.74, 6) is 0.653. The molecule has 0 aliphatic carbocycles. The number of carbonyl (C=O) groups is 1. The van der Waals surface area contributed by atoms with Crippen molar-refractivity contribution in [3.05, 3.63) is 71.3 Å². The molecule has 0 aliphatic heterocycles. The number of guanidine groups is 1. The third-order valence-corrected chi connectivity index (χ3v) is 4.01. The maximum absolute atomic E-state index is 12.3. The molecule has 0 heterocycles. The van der Waals surface area contributed by atoms with Crippen LogP contribution >= 0.6 is 0 Å². The Morgan fingerprint density at radius 2 is 1.78 bits per heavy atom. The molecule has 5 nitrogen and oxygen atoms in total. The molecule has 2 aromatic rings. The number of aliphatic imine (C=N–C) groups is 1. The van der Waals surface area contributed by atoms with Crippen LogP contribution in [0.25, 0.3) is 0 Å². The fraction of sp³-hybridized carbons (Fsp3) is 0.364. The summed E-state index contributed by atoms with van der Waals surface area (Å²) in [5.41, 5.74) is 2.61. The van der Waals surface area contributed by atoms with Gasteiger partial charge in [-0.25, -0.2) is 0 Å². The highest BCUT2D eigenvalue weighted by molar-refractivity contribution is 5.94. The Kier molecular flexibility index (Phi) is 6.99. The van der Waals surface area contributed by atoms with E-state index in [9.17, 15) is 4.79 Å². The van der Waals surface area contributed by atoms with E-state index >= 15 is 0 Å². The van der Waals surface area contributed by atoms with Gasteiger partial charge in [-0.1, -0.05) is 42.5 Å². The minimum absolute atomic E-state index is 0.0652. The van der Waals surface area contributed by atoms with Gasteiger partial charge in [0.1, 0.15) is 0 Å². The van der Waals surface area contributed by atoms with E-state index in [0.29, 0.717) is 12.1 Å². The van der Waals surface area contributed by atoms with Crippen molar-refractivity contribution < 1.29 is 4.79 Å². The first-order valence-corrected chi connectivity index (χ1v) is 9.22. The molecule has 0 saturated heterocycles. The van der Waals surface area contributed by atoms with E-state index in [4.69, 9.17) is 0 Å². The van der Waals surface area contributed by atoms with Gasteiger partial charge in [0.2, 0.25) is 0 Å². The van der Waals surface area contributed by atoms with Gasteiger partial charge in [0.05, 0.1) is 6.04 Å². The van der Waals surface area contributed by atoms with E-state index in [-0.39, 0.29) is 17.5 Å². The molecule has 0 spiro atoms. The van der Waals surface area contributed by atoms with E-state index in [0.717, 1.165) is 11.5 Å². The number of nitrogens with one attached hydrogen (secondary N) is 3. The third kappa shape index (κ3) is 6.77. The highest BCUT2D eigenvalue weighted by atomic mass is 16.1. The standard InChI is InChI=1S/C22H30N4O/c1-16(18-11-7-6-8-12-18)25-21(23-5)24-15-17-10-9-13-19(14-17)20(27)26-22(2,3)4/h6-14,16H,15H2,1-5H3,(H,26,27)(H2,23,24,25). The minimum atomic E-state index is -0.259. The second-order valence-corrected chi connectivity index (χ2v) is 7.61. The molecule has 0 aromatic heterocycles. The van der Waals surface area contributed by atoms with Crippen molar-refractivity contribution in [2.24, 2.45) is 4.99 Å². The van der Waals surface area contributed by atoms with E-state index in [1.54, 1.807) is 7.05 Å². The van der Waals surface area contributed by atoms with E-state index < -0.39 is 0 Å². The Morgan fingerprint density at radius 3 is 2.41 bits per heavy atom. The van der Waals surface area contributed by atoms with Crippen molar-refractivity contribution in [2.75, 3.05) is 7.05 Å². The van der Waals surface area contributed by atoms with Crippen LogP contribution in [0, 0.1) is 0 Å². The van der Waals surface area contributed by atoms with Gasteiger partial charge in [-0.3, -0.25) is 9.79 Å². The average molecular weight is 367 g/mol. The molecular formula is C22H30N4O. The topological polar surface area (TPSA) is 65.5 Å². The van der Waals surface area contributed by atoms with Crippen molar-refractivity contribution in [1.82, 2.24) is 16.0 Å². The Hall–Kier alpha value is -2.82. The lowest BCUT2D eigenvalue weighted by Gasteiger charge is -2.21. The second kappa shape index (κ2) is 9.21. The first kappa shape index (κ1) is 20.5. The van der Waals surface area contributed by atoms with Crippen LogP contribution in [0.2, 0.25) is 0 Å². The second-order valence-electron chi connectivity index (χ2n) is 7.61. The van der Waals surface area contributed by atoms with Crippen LogP contribution in [0.15, 0.2) is 59.6 Å². The fourth-order valence-corrected chi connectivity index (χ4v) is 2.65. The molecule has 0 saturated carbocycles. The van der Waals surface area contributed by atoms with Crippen molar-refractivity contribution in [3.8, 4) is 0 Å². The number of amides is 1. The Bertz CT molecular complexity index is 778. The zero-order valence-corrected chi connectivity index (χ0v) is 16.8. The summed E-state index contributed by atoms with van der Waals surface area (Å²) in [6, 6.07) is 18.0. The van der Waals surface area contributed by atoms with Gasteiger partial charge in [0.25, 0.3) is 5.91 Å². The Balaban J connectivity index is 1.96. The number of benzene rings is 2. The Morgan fingerprint density at radius 1 is 1.07 bits per heavy atom. The highest BCUT2D eigenvalue weighted by Gasteiger charge is 2.15. The zero-order chi connectivity index (χ0) is 19.9. The van der Waals surface area contributed by atoms with Gasteiger partial charge in [-0.05, 0) is 51.0 Å². The summed E-state index contributed by atoms with van der Waals surface area (Å²) in [4.78, 5) is 16.6. The predicted octanol–water partition coefficient (Wildman–Crippen LogP) is 3.64.